The van der Waals surface area contributed by atoms with Gasteiger partial charge in [0.05, 0.1) is 12.1 Å². The van der Waals surface area contributed by atoms with E-state index >= 15 is 0 Å². The van der Waals surface area contributed by atoms with Crippen LogP contribution >= 0.6 is 11.3 Å². The summed E-state index contributed by atoms with van der Waals surface area (Å²) in [5.74, 6) is 0.256. The number of carbonyl (C=O) groups is 1. The van der Waals surface area contributed by atoms with E-state index in [4.69, 9.17) is 4.74 Å². The highest BCUT2D eigenvalue weighted by atomic mass is 32.1. The van der Waals surface area contributed by atoms with E-state index in [1.165, 1.54) is 5.56 Å². The van der Waals surface area contributed by atoms with Gasteiger partial charge in [-0.25, -0.2) is 0 Å². The zero-order valence-corrected chi connectivity index (χ0v) is 13.4. The molecule has 4 nitrogen and oxygen atoms in total. The van der Waals surface area contributed by atoms with Crippen LogP contribution in [-0.4, -0.2) is 36.1 Å². The Kier molecular flexibility index (Phi) is 4.93. The average molecular weight is 308 g/mol. The molecule has 5 heteroatoms. The predicted molar refractivity (Wildman–Crippen MR) is 84.2 cm³/mol. The summed E-state index contributed by atoms with van der Waals surface area (Å²) in [6.45, 7) is 3.80. The first-order valence-corrected chi connectivity index (χ1v) is 8.94. The summed E-state index contributed by atoms with van der Waals surface area (Å²) in [4.78, 5) is 14.6. The average Bonchev–Trinajstić information content (AvgIpc) is 3.20. The van der Waals surface area contributed by atoms with Crippen LogP contribution in [0, 0.1) is 0 Å². The van der Waals surface area contributed by atoms with Crippen molar-refractivity contribution in [3.63, 3.8) is 0 Å². The van der Waals surface area contributed by atoms with E-state index in [2.05, 4.69) is 29.1 Å². The molecule has 3 atom stereocenters. The third-order valence-corrected chi connectivity index (χ3v) is 5.11. The second-order valence-corrected chi connectivity index (χ2v) is 6.70. The molecule has 2 fully saturated rings. The third kappa shape index (κ3) is 3.30. The van der Waals surface area contributed by atoms with Gasteiger partial charge in [0.15, 0.2) is 0 Å². The molecule has 2 aliphatic heterocycles. The number of nitrogens with one attached hydrogen (secondary N) is 1. The highest BCUT2D eigenvalue weighted by Crippen LogP contribution is 2.29. The molecule has 1 N–H and O–H groups in total. The van der Waals surface area contributed by atoms with Crippen LogP contribution in [0.25, 0.3) is 0 Å². The fourth-order valence-electron chi connectivity index (χ4n) is 3.28. The number of hydrogen-bond acceptors (Lipinski definition) is 4. The van der Waals surface area contributed by atoms with E-state index in [0.717, 1.165) is 45.3 Å². The molecular formula is C16H24N2O2S. The number of carbonyl (C=O) groups excluding carboxylic acids is 1. The molecule has 116 valence electrons. The van der Waals surface area contributed by atoms with Crippen molar-refractivity contribution in [2.45, 2.75) is 57.3 Å². The van der Waals surface area contributed by atoms with Gasteiger partial charge in [-0.15, -0.1) is 0 Å². The number of rotatable bonds is 6. The number of thiophene rings is 1. The smallest absolute Gasteiger partial charge is 0.241 e. The summed E-state index contributed by atoms with van der Waals surface area (Å²) in [5.41, 5.74) is 1.21. The van der Waals surface area contributed by atoms with Crippen molar-refractivity contribution in [3.05, 3.63) is 22.4 Å². The molecule has 2 aliphatic rings. The summed E-state index contributed by atoms with van der Waals surface area (Å²) in [6, 6.07) is 2.09. The van der Waals surface area contributed by atoms with E-state index < -0.39 is 0 Å². The van der Waals surface area contributed by atoms with Crippen molar-refractivity contribution in [2.24, 2.45) is 0 Å². The van der Waals surface area contributed by atoms with Crippen LogP contribution in [0.4, 0.5) is 0 Å². The Balaban J connectivity index is 1.68. The zero-order valence-electron chi connectivity index (χ0n) is 12.6. The van der Waals surface area contributed by atoms with Gasteiger partial charge in [-0.3, -0.25) is 10.1 Å². The van der Waals surface area contributed by atoms with Gasteiger partial charge in [0.25, 0.3) is 0 Å². The predicted octanol–water partition coefficient (Wildman–Crippen LogP) is 2.92. The molecule has 1 aromatic rings. The lowest BCUT2D eigenvalue weighted by Crippen LogP contribution is -2.33. The number of ether oxygens (including phenoxy) is 1. The van der Waals surface area contributed by atoms with Crippen LogP contribution in [0.2, 0.25) is 0 Å². The van der Waals surface area contributed by atoms with E-state index in [1.54, 1.807) is 11.3 Å². The van der Waals surface area contributed by atoms with E-state index in [0.29, 0.717) is 6.10 Å². The maximum atomic E-state index is 12.6. The molecule has 1 aromatic heterocycles. The molecule has 0 aromatic carbocycles. The second kappa shape index (κ2) is 6.90. The molecule has 1 amide bonds. The Bertz CT molecular complexity index is 457. The molecule has 0 aliphatic carbocycles. The fraction of sp³-hybridized carbons (Fsp3) is 0.688. The lowest BCUT2D eigenvalue weighted by atomic mass is 10.1. The first kappa shape index (κ1) is 15.0. The minimum Gasteiger partial charge on any atom is -0.378 e. The highest BCUT2D eigenvalue weighted by molar-refractivity contribution is 7.07. The maximum absolute atomic E-state index is 12.6. The first-order chi connectivity index (χ1) is 10.3. The van der Waals surface area contributed by atoms with Crippen LogP contribution in [-0.2, 0) is 9.53 Å². The van der Waals surface area contributed by atoms with Crippen molar-refractivity contribution in [3.8, 4) is 0 Å². The lowest BCUT2D eigenvalue weighted by molar-refractivity contribution is -0.130. The molecule has 21 heavy (non-hydrogen) atoms. The molecule has 2 saturated heterocycles. The summed E-state index contributed by atoms with van der Waals surface area (Å²) in [6.07, 6.45) is 5.57. The molecule has 0 radical (unpaired) electrons. The van der Waals surface area contributed by atoms with Crippen LogP contribution in [0.3, 0.4) is 0 Å². The summed E-state index contributed by atoms with van der Waals surface area (Å²) in [5, 5.41) is 7.73. The van der Waals surface area contributed by atoms with Crippen molar-refractivity contribution in [2.75, 3.05) is 13.2 Å². The molecule has 0 bridgehead atoms. The van der Waals surface area contributed by atoms with Gasteiger partial charge in [-0.1, -0.05) is 13.3 Å². The number of amides is 1. The zero-order chi connectivity index (χ0) is 14.7. The molecule has 3 rings (SSSR count). The minimum absolute atomic E-state index is 0.0237. The first-order valence-electron chi connectivity index (χ1n) is 8.00. The van der Waals surface area contributed by atoms with E-state index in [9.17, 15) is 4.79 Å². The van der Waals surface area contributed by atoms with Crippen LogP contribution < -0.4 is 5.32 Å². The van der Waals surface area contributed by atoms with Gasteiger partial charge in [-0.2, -0.15) is 11.3 Å². The standard InChI is InChI=1S/C16H24N2O2S/c1-2-4-14-16(19)18(8-6-13-5-3-9-20-13)15(17-14)12-7-10-21-11-12/h7,10-11,13-15,17H,2-6,8-9H2,1H3. The molecule has 3 heterocycles. The summed E-state index contributed by atoms with van der Waals surface area (Å²) < 4.78 is 5.69. The van der Waals surface area contributed by atoms with Gasteiger partial charge in [-0.05, 0) is 48.1 Å². The van der Waals surface area contributed by atoms with Gasteiger partial charge in [0, 0.05) is 13.2 Å². The summed E-state index contributed by atoms with van der Waals surface area (Å²) in [7, 11) is 0. The Morgan fingerprint density at radius 3 is 3.05 bits per heavy atom. The monoisotopic (exact) mass is 308 g/mol. The van der Waals surface area contributed by atoms with Crippen molar-refractivity contribution in [1.82, 2.24) is 10.2 Å². The minimum atomic E-state index is -0.0237. The molecule has 0 spiro atoms. The Labute approximate surface area is 130 Å². The largest absolute Gasteiger partial charge is 0.378 e. The topological polar surface area (TPSA) is 41.6 Å². The fourth-order valence-corrected chi connectivity index (χ4v) is 3.95. The molecule has 3 unspecified atom stereocenters. The van der Waals surface area contributed by atoms with Crippen LogP contribution in [0.1, 0.15) is 50.8 Å². The van der Waals surface area contributed by atoms with Crippen LogP contribution in [0.15, 0.2) is 16.8 Å². The Morgan fingerprint density at radius 1 is 1.48 bits per heavy atom. The number of nitrogens with zero attached hydrogens (tertiary/aromatic N) is 1. The Morgan fingerprint density at radius 2 is 2.38 bits per heavy atom. The Hall–Kier alpha value is -0.910. The van der Waals surface area contributed by atoms with Gasteiger partial charge in [0.2, 0.25) is 5.91 Å². The number of hydrogen-bond donors (Lipinski definition) is 1. The van der Waals surface area contributed by atoms with Crippen molar-refractivity contribution in [1.29, 1.82) is 0 Å². The normalized spacial score (nSPS) is 29.5. The van der Waals surface area contributed by atoms with Crippen molar-refractivity contribution >= 4 is 17.2 Å². The maximum Gasteiger partial charge on any atom is 0.241 e. The lowest BCUT2D eigenvalue weighted by Gasteiger charge is -2.24. The van der Waals surface area contributed by atoms with E-state index in [-0.39, 0.29) is 18.1 Å². The highest BCUT2D eigenvalue weighted by Gasteiger charge is 2.39. The summed E-state index contributed by atoms with van der Waals surface area (Å²) >= 11 is 1.69. The quantitative estimate of drug-likeness (QED) is 0.878. The van der Waals surface area contributed by atoms with Gasteiger partial charge >= 0.3 is 0 Å². The van der Waals surface area contributed by atoms with Crippen molar-refractivity contribution < 1.29 is 9.53 Å². The second-order valence-electron chi connectivity index (χ2n) is 5.92. The SMILES string of the molecule is CCCC1NC(c2ccsc2)N(CCC2CCCO2)C1=O. The van der Waals surface area contributed by atoms with Gasteiger partial charge in [0.1, 0.15) is 6.17 Å². The molecule has 0 saturated carbocycles. The third-order valence-electron chi connectivity index (χ3n) is 4.40. The molecular weight excluding hydrogens is 284 g/mol. The van der Waals surface area contributed by atoms with Gasteiger partial charge < -0.3 is 9.64 Å². The van der Waals surface area contributed by atoms with E-state index in [1.807, 2.05) is 4.90 Å². The van der Waals surface area contributed by atoms with Crippen LogP contribution in [0.5, 0.6) is 0 Å².